The van der Waals surface area contributed by atoms with E-state index in [0.29, 0.717) is 43.5 Å². The first-order valence-electron chi connectivity index (χ1n) is 19.6. The predicted octanol–water partition coefficient (Wildman–Crippen LogP) is 6.78. The summed E-state index contributed by atoms with van der Waals surface area (Å²) in [5, 5.41) is 30.8. The second kappa shape index (κ2) is 12.9. The lowest BCUT2D eigenvalue weighted by Crippen LogP contribution is -2.69. The number of aliphatic carboxylic acids is 1. The molecule has 0 radical (unpaired) electrons. The molecular weight excluding hydrogens is 644 g/mol. The third kappa shape index (κ3) is 5.55. The van der Waals surface area contributed by atoms with Gasteiger partial charge in [-0.1, -0.05) is 79.1 Å². The van der Waals surface area contributed by atoms with Crippen LogP contribution in [-0.4, -0.2) is 75.7 Å². The minimum Gasteiger partial charge on any atom is -0.481 e. The third-order valence-electron chi connectivity index (χ3n) is 16.5. The molecule has 0 aromatic carbocycles. The van der Waals surface area contributed by atoms with Gasteiger partial charge in [-0.2, -0.15) is 4.80 Å². The highest BCUT2D eigenvalue weighted by Gasteiger charge is 2.72. The first-order chi connectivity index (χ1) is 23.7. The topological polar surface area (TPSA) is 140 Å². The van der Waals surface area contributed by atoms with Crippen molar-refractivity contribution in [1.29, 1.82) is 0 Å². The molecule has 0 unspecified atom stereocenters. The van der Waals surface area contributed by atoms with Crippen LogP contribution >= 0.6 is 0 Å². The van der Waals surface area contributed by atoms with E-state index in [-0.39, 0.29) is 62.5 Å². The lowest BCUT2D eigenvalue weighted by atomic mass is 9.34. The molecule has 286 valence electrons. The SMILES string of the molecule is CN[C@@](C)(CO[C@H]1[C@H](n2nnc(NC(C)=O)n2)C[C@@]23COC[C@@]1(C)[C@@H]2CC[C@H]1C3=CC[C@@]2(C)[C@H](C(=O)O)[C@@](C)([C@H](C)C(C)C)CC[C@]12C)C(C)C. The number of carbonyl (C=O) groups is 2. The van der Waals surface area contributed by atoms with Crippen LogP contribution in [0.4, 0.5) is 5.95 Å². The molecule has 1 aliphatic heterocycles. The molecule has 5 aliphatic rings. The average Bonchev–Trinajstić information content (AvgIpc) is 3.51. The van der Waals surface area contributed by atoms with E-state index < -0.39 is 11.9 Å². The number of hydrogen-bond acceptors (Lipinski definition) is 8. The van der Waals surface area contributed by atoms with Gasteiger partial charge in [-0.05, 0) is 104 Å². The van der Waals surface area contributed by atoms with Crippen molar-refractivity contribution in [3.63, 3.8) is 0 Å². The van der Waals surface area contributed by atoms with Crippen LogP contribution < -0.4 is 10.6 Å². The Kier molecular flexibility index (Phi) is 9.70. The molecule has 1 aromatic rings. The fraction of sp³-hybridized carbons (Fsp3) is 0.875. The van der Waals surface area contributed by atoms with E-state index in [9.17, 15) is 14.7 Å². The van der Waals surface area contributed by atoms with Gasteiger partial charge in [0.05, 0.1) is 31.8 Å². The van der Waals surface area contributed by atoms with E-state index in [1.165, 1.54) is 12.5 Å². The van der Waals surface area contributed by atoms with Crippen molar-refractivity contribution in [2.45, 2.75) is 132 Å². The molecule has 1 saturated heterocycles. The van der Waals surface area contributed by atoms with Gasteiger partial charge in [-0.15, -0.1) is 5.10 Å². The van der Waals surface area contributed by atoms with Crippen LogP contribution in [0.1, 0.15) is 121 Å². The van der Waals surface area contributed by atoms with Crippen molar-refractivity contribution >= 4 is 17.8 Å². The van der Waals surface area contributed by atoms with Crippen LogP contribution in [0.15, 0.2) is 11.6 Å². The van der Waals surface area contributed by atoms with Gasteiger partial charge < -0.3 is 19.9 Å². The Morgan fingerprint density at radius 1 is 1.10 bits per heavy atom. The van der Waals surface area contributed by atoms with E-state index in [1.54, 1.807) is 4.80 Å². The highest BCUT2D eigenvalue weighted by molar-refractivity contribution is 5.86. The number of ether oxygens (including phenoxy) is 2. The minimum absolute atomic E-state index is 0.178. The molecule has 11 nitrogen and oxygen atoms in total. The molecule has 12 atom stereocenters. The number of fused-ring (bicyclic) bond motifs is 3. The Morgan fingerprint density at radius 3 is 2.41 bits per heavy atom. The predicted molar refractivity (Wildman–Crippen MR) is 197 cm³/mol. The first kappa shape index (κ1) is 38.4. The Morgan fingerprint density at radius 2 is 1.80 bits per heavy atom. The van der Waals surface area contributed by atoms with Crippen molar-refractivity contribution in [3.8, 4) is 0 Å². The Hall–Kier alpha value is -2.37. The summed E-state index contributed by atoms with van der Waals surface area (Å²) in [7, 11) is 1.99. The van der Waals surface area contributed by atoms with Gasteiger partial charge in [0, 0.05) is 23.3 Å². The van der Waals surface area contributed by atoms with Crippen LogP contribution in [0.5, 0.6) is 0 Å². The largest absolute Gasteiger partial charge is 0.481 e. The number of nitrogens with zero attached hydrogens (tertiary/aromatic N) is 4. The highest BCUT2D eigenvalue weighted by atomic mass is 16.5. The maximum absolute atomic E-state index is 13.5. The zero-order valence-corrected chi connectivity index (χ0v) is 33.4. The van der Waals surface area contributed by atoms with Crippen LogP contribution in [-0.2, 0) is 19.1 Å². The number of allylic oxidation sites excluding steroid dienone is 1. The molecule has 0 spiro atoms. The van der Waals surface area contributed by atoms with Gasteiger partial charge in [-0.25, -0.2) is 0 Å². The molecule has 4 aliphatic carbocycles. The van der Waals surface area contributed by atoms with Gasteiger partial charge in [0.1, 0.15) is 6.04 Å². The zero-order chi connectivity index (χ0) is 37.5. The molecule has 6 rings (SSSR count). The molecule has 2 bridgehead atoms. The van der Waals surface area contributed by atoms with Crippen LogP contribution in [0.2, 0.25) is 0 Å². The average molecular weight is 711 g/mol. The smallest absolute Gasteiger partial charge is 0.307 e. The van der Waals surface area contributed by atoms with E-state index in [4.69, 9.17) is 14.6 Å². The number of carboxylic acid groups (broad SMARTS) is 1. The molecule has 2 heterocycles. The number of anilines is 1. The molecule has 4 fully saturated rings. The molecule has 51 heavy (non-hydrogen) atoms. The van der Waals surface area contributed by atoms with Crippen molar-refractivity contribution in [2.75, 3.05) is 32.2 Å². The Bertz CT molecular complexity index is 1540. The second-order valence-electron chi connectivity index (χ2n) is 19.3. The van der Waals surface area contributed by atoms with Gasteiger partial charge in [0.25, 0.3) is 5.95 Å². The zero-order valence-electron chi connectivity index (χ0n) is 33.4. The molecule has 3 N–H and O–H groups in total. The fourth-order valence-electron chi connectivity index (χ4n) is 12.5. The van der Waals surface area contributed by atoms with Crippen molar-refractivity contribution in [2.24, 2.45) is 62.6 Å². The summed E-state index contributed by atoms with van der Waals surface area (Å²) in [5.74, 6) is 0.477. The summed E-state index contributed by atoms with van der Waals surface area (Å²) < 4.78 is 13.8. The van der Waals surface area contributed by atoms with Crippen molar-refractivity contribution < 1.29 is 24.2 Å². The van der Waals surface area contributed by atoms with Gasteiger partial charge in [0.2, 0.25) is 5.91 Å². The van der Waals surface area contributed by atoms with E-state index in [2.05, 4.69) is 96.3 Å². The normalized spacial score (nSPS) is 42.2. The number of likely N-dealkylation sites (N-methyl/N-ethyl adjacent to an activating group) is 1. The maximum Gasteiger partial charge on any atom is 0.307 e. The number of carbonyl (C=O) groups excluding carboxylic acids is 1. The summed E-state index contributed by atoms with van der Waals surface area (Å²) in [6.07, 6.45) is 7.68. The van der Waals surface area contributed by atoms with Gasteiger partial charge >= 0.3 is 5.97 Å². The number of rotatable bonds is 10. The molecule has 11 heteroatoms. The molecule has 3 saturated carbocycles. The Balaban J connectivity index is 1.45. The summed E-state index contributed by atoms with van der Waals surface area (Å²) >= 11 is 0. The van der Waals surface area contributed by atoms with Crippen molar-refractivity contribution in [1.82, 2.24) is 25.5 Å². The Labute approximate surface area is 305 Å². The number of aromatic nitrogens is 4. The molecular formula is C40H66N6O5. The van der Waals surface area contributed by atoms with Gasteiger partial charge in [-0.3, -0.25) is 14.9 Å². The quantitative estimate of drug-likeness (QED) is 0.224. The van der Waals surface area contributed by atoms with E-state index in [0.717, 1.165) is 38.5 Å². The minimum atomic E-state index is -0.643. The van der Waals surface area contributed by atoms with Gasteiger partial charge in [0.15, 0.2) is 0 Å². The maximum atomic E-state index is 13.5. The van der Waals surface area contributed by atoms with E-state index in [1.807, 2.05) is 7.05 Å². The van der Waals surface area contributed by atoms with Crippen LogP contribution in [0.25, 0.3) is 0 Å². The fourth-order valence-corrected chi connectivity index (χ4v) is 12.5. The second-order valence-corrected chi connectivity index (χ2v) is 19.3. The highest BCUT2D eigenvalue weighted by Crippen LogP contribution is 2.75. The van der Waals surface area contributed by atoms with Crippen LogP contribution in [0.3, 0.4) is 0 Å². The standard InChI is InChI=1S/C40H66N6O5/c1-23(2)25(5)35(7)17-18-37(9)27-13-14-30-36(8)20-50-22-40(30,28(27)15-16-38(37,10)31(35)33(48)49)19-29(46-44-34(43-45-46)42-26(6)47)32(36)51-21-39(11,41-12)24(3)4/h15,23-25,27,29-32,41H,13-14,16-22H2,1-12H3,(H,48,49)(H,42,44,47)/t25-,27+,29-,30+,31-,32+,35-,36+,37-,38+,39+,40+/m1/s1. The summed E-state index contributed by atoms with van der Waals surface area (Å²) in [6, 6.07) is -0.243. The molecule has 1 aromatic heterocycles. The van der Waals surface area contributed by atoms with Crippen LogP contribution in [0, 0.1) is 62.6 Å². The summed E-state index contributed by atoms with van der Waals surface area (Å²) in [6.45, 7) is 25.9. The lowest BCUT2D eigenvalue weighted by Gasteiger charge is -2.71. The summed E-state index contributed by atoms with van der Waals surface area (Å²) in [5.41, 5.74) is -0.255. The first-order valence-corrected chi connectivity index (χ1v) is 19.6. The number of tetrazole rings is 1. The number of carboxylic acids is 1. The lowest BCUT2D eigenvalue weighted by molar-refractivity contribution is -0.254. The number of nitrogens with one attached hydrogen (secondary N) is 2. The van der Waals surface area contributed by atoms with Crippen molar-refractivity contribution in [3.05, 3.63) is 11.6 Å². The van der Waals surface area contributed by atoms with E-state index >= 15 is 0 Å². The third-order valence-corrected chi connectivity index (χ3v) is 16.5. The number of amides is 1. The molecule has 1 amide bonds. The summed E-state index contributed by atoms with van der Waals surface area (Å²) in [4.78, 5) is 27.1. The number of hydrogen-bond donors (Lipinski definition) is 3. The monoisotopic (exact) mass is 711 g/mol.